The number of halogens is 4. The Balaban J connectivity index is 1.98. The van der Waals surface area contributed by atoms with E-state index < -0.39 is 17.6 Å². The molecule has 0 atom stereocenters. The lowest BCUT2D eigenvalue weighted by molar-refractivity contribution is -0.138. The molecule has 0 heterocycles. The monoisotopic (exact) mass is 410 g/mol. The molecule has 0 saturated heterocycles. The molecule has 0 bridgehead atoms. The van der Waals surface area contributed by atoms with E-state index in [9.17, 15) is 22.4 Å². The van der Waals surface area contributed by atoms with Crippen molar-refractivity contribution in [2.75, 3.05) is 21.1 Å². The van der Waals surface area contributed by atoms with Gasteiger partial charge in [-0.05, 0) is 35.4 Å². The highest BCUT2D eigenvalue weighted by atomic mass is 19.4. The molecule has 0 saturated carbocycles. The van der Waals surface area contributed by atoms with Crippen molar-refractivity contribution in [2.45, 2.75) is 19.3 Å². The van der Waals surface area contributed by atoms with Crippen molar-refractivity contribution in [3.05, 3.63) is 70.5 Å². The summed E-state index contributed by atoms with van der Waals surface area (Å²) in [6, 6.07) is 9.51. The van der Waals surface area contributed by atoms with Gasteiger partial charge in [0.2, 0.25) is 0 Å². The van der Waals surface area contributed by atoms with Gasteiger partial charge in [0.25, 0.3) is 5.91 Å². The van der Waals surface area contributed by atoms with Crippen molar-refractivity contribution in [1.82, 2.24) is 15.5 Å². The number of hydrogen-bond donors (Lipinski definition) is 2. The normalized spacial score (nSPS) is 11.9. The number of guanidine groups is 1. The standard InChI is InChI=1S/C20H22F4N4O/c1-25-19(26-11-13-4-6-14(7-5-13)18(29)28(2)3)27-12-15-8-9-16(21)10-17(15)20(22,23)24/h4-10H,11-12H2,1-3H3,(H2,25,26,27). The predicted molar refractivity (Wildman–Crippen MR) is 103 cm³/mol. The molecule has 2 N–H and O–H groups in total. The smallest absolute Gasteiger partial charge is 0.352 e. The summed E-state index contributed by atoms with van der Waals surface area (Å²) in [7, 11) is 4.82. The highest BCUT2D eigenvalue weighted by Gasteiger charge is 2.33. The molecule has 0 spiro atoms. The van der Waals surface area contributed by atoms with Crippen LogP contribution >= 0.6 is 0 Å². The first-order valence-electron chi connectivity index (χ1n) is 8.72. The van der Waals surface area contributed by atoms with E-state index in [4.69, 9.17) is 0 Å². The summed E-state index contributed by atoms with van der Waals surface area (Å²) >= 11 is 0. The van der Waals surface area contributed by atoms with Gasteiger partial charge in [0.05, 0.1) is 5.56 Å². The number of alkyl halides is 3. The maximum absolute atomic E-state index is 13.2. The van der Waals surface area contributed by atoms with E-state index in [0.29, 0.717) is 18.2 Å². The van der Waals surface area contributed by atoms with Crippen LogP contribution in [0.4, 0.5) is 17.6 Å². The average molecular weight is 410 g/mol. The largest absolute Gasteiger partial charge is 0.416 e. The van der Waals surface area contributed by atoms with Crippen LogP contribution in [-0.2, 0) is 19.3 Å². The molecule has 0 aliphatic rings. The van der Waals surface area contributed by atoms with E-state index in [0.717, 1.165) is 17.7 Å². The summed E-state index contributed by atoms with van der Waals surface area (Å²) in [6.07, 6.45) is -4.65. The number of hydrogen-bond acceptors (Lipinski definition) is 2. The van der Waals surface area contributed by atoms with Gasteiger partial charge < -0.3 is 15.5 Å². The van der Waals surface area contributed by atoms with Gasteiger partial charge in [-0.15, -0.1) is 0 Å². The topological polar surface area (TPSA) is 56.7 Å². The third-order valence-corrected chi connectivity index (χ3v) is 4.11. The van der Waals surface area contributed by atoms with Crippen LogP contribution in [0.1, 0.15) is 27.0 Å². The molecule has 2 rings (SSSR count). The minimum absolute atomic E-state index is 0.0894. The molecule has 0 radical (unpaired) electrons. The van der Waals surface area contributed by atoms with Crippen LogP contribution in [0.15, 0.2) is 47.5 Å². The zero-order valence-corrected chi connectivity index (χ0v) is 16.3. The van der Waals surface area contributed by atoms with Crippen molar-refractivity contribution >= 4 is 11.9 Å². The summed E-state index contributed by atoms with van der Waals surface area (Å²) in [4.78, 5) is 17.3. The molecular weight excluding hydrogens is 388 g/mol. The summed E-state index contributed by atoms with van der Waals surface area (Å²) in [5.74, 6) is -0.766. The maximum atomic E-state index is 13.2. The lowest BCUT2D eigenvalue weighted by Gasteiger charge is -2.16. The molecule has 2 aromatic rings. The Labute approximate surface area is 166 Å². The Bertz CT molecular complexity index is 877. The number of carbonyl (C=O) groups excluding carboxylic acids is 1. The zero-order chi connectivity index (χ0) is 21.6. The molecule has 9 heteroatoms. The van der Waals surface area contributed by atoms with E-state index >= 15 is 0 Å². The lowest BCUT2D eigenvalue weighted by atomic mass is 10.1. The maximum Gasteiger partial charge on any atom is 0.416 e. The van der Waals surface area contributed by atoms with Crippen molar-refractivity contribution in [3.63, 3.8) is 0 Å². The predicted octanol–water partition coefficient (Wildman–Crippen LogP) is 3.41. The number of benzene rings is 2. The van der Waals surface area contributed by atoms with Crippen LogP contribution in [0.5, 0.6) is 0 Å². The van der Waals surface area contributed by atoms with Crippen molar-refractivity contribution in [2.24, 2.45) is 4.99 Å². The first-order valence-corrected chi connectivity index (χ1v) is 8.72. The van der Waals surface area contributed by atoms with Crippen LogP contribution in [0, 0.1) is 5.82 Å². The summed E-state index contributed by atoms with van der Waals surface area (Å²) < 4.78 is 52.4. The minimum Gasteiger partial charge on any atom is -0.352 e. The first-order chi connectivity index (χ1) is 13.6. The Morgan fingerprint density at radius 3 is 2.21 bits per heavy atom. The van der Waals surface area contributed by atoms with Crippen LogP contribution in [-0.4, -0.2) is 37.9 Å². The molecule has 156 valence electrons. The number of aliphatic imine (C=N–C) groups is 1. The molecule has 5 nitrogen and oxygen atoms in total. The average Bonchev–Trinajstić information content (AvgIpc) is 2.68. The Kier molecular flexibility index (Phi) is 7.19. The third kappa shape index (κ3) is 6.20. The van der Waals surface area contributed by atoms with Gasteiger partial charge in [0.1, 0.15) is 5.82 Å². The number of nitrogens with zero attached hydrogens (tertiary/aromatic N) is 2. The van der Waals surface area contributed by atoms with Gasteiger partial charge in [-0.25, -0.2) is 4.39 Å². The van der Waals surface area contributed by atoms with Crippen molar-refractivity contribution in [3.8, 4) is 0 Å². The molecule has 1 amide bonds. The van der Waals surface area contributed by atoms with Crippen molar-refractivity contribution < 1.29 is 22.4 Å². The first kappa shape index (κ1) is 22.2. The molecule has 2 aromatic carbocycles. The van der Waals surface area contributed by atoms with Crippen molar-refractivity contribution in [1.29, 1.82) is 0 Å². The van der Waals surface area contributed by atoms with Crippen LogP contribution in [0.3, 0.4) is 0 Å². The molecule has 29 heavy (non-hydrogen) atoms. The number of nitrogens with one attached hydrogen (secondary N) is 2. The molecule has 0 fully saturated rings. The van der Waals surface area contributed by atoms with Crippen LogP contribution < -0.4 is 10.6 Å². The van der Waals surface area contributed by atoms with Crippen LogP contribution in [0.2, 0.25) is 0 Å². The Morgan fingerprint density at radius 1 is 1.03 bits per heavy atom. The van der Waals surface area contributed by atoms with E-state index in [-0.39, 0.29) is 24.0 Å². The molecule has 0 aliphatic carbocycles. The highest BCUT2D eigenvalue weighted by molar-refractivity contribution is 5.93. The molecule has 0 aromatic heterocycles. The molecular formula is C20H22F4N4O. The summed E-state index contributed by atoms with van der Waals surface area (Å²) in [6.45, 7) is 0.177. The fourth-order valence-electron chi connectivity index (χ4n) is 2.58. The number of rotatable bonds is 5. The number of carbonyl (C=O) groups is 1. The van der Waals surface area contributed by atoms with E-state index in [2.05, 4.69) is 15.6 Å². The molecule has 0 aliphatic heterocycles. The fraction of sp³-hybridized carbons (Fsp3) is 0.300. The second-order valence-corrected chi connectivity index (χ2v) is 6.48. The third-order valence-electron chi connectivity index (χ3n) is 4.11. The summed E-state index contributed by atoms with van der Waals surface area (Å²) in [5, 5.41) is 5.77. The minimum atomic E-state index is -4.65. The van der Waals surface area contributed by atoms with Gasteiger partial charge in [-0.2, -0.15) is 13.2 Å². The van der Waals surface area contributed by atoms with Gasteiger partial charge in [-0.3, -0.25) is 9.79 Å². The Hall–Kier alpha value is -3.10. The van der Waals surface area contributed by atoms with Gasteiger partial charge >= 0.3 is 6.18 Å². The van der Waals surface area contributed by atoms with E-state index in [1.165, 1.54) is 11.9 Å². The highest BCUT2D eigenvalue weighted by Crippen LogP contribution is 2.32. The van der Waals surface area contributed by atoms with E-state index in [1.807, 2.05) is 0 Å². The van der Waals surface area contributed by atoms with Gasteiger partial charge in [0, 0.05) is 39.8 Å². The second kappa shape index (κ2) is 9.40. The number of amides is 1. The summed E-state index contributed by atoms with van der Waals surface area (Å²) in [5.41, 5.74) is 0.299. The van der Waals surface area contributed by atoms with Gasteiger partial charge in [-0.1, -0.05) is 18.2 Å². The van der Waals surface area contributed by atoms with E-state index in [1.54, 1.807) is 38.4 Å². The fourth-order valence-corrected chi connectivity index (χ4v) is 2.58. The van der Waals surface area contributed by atoms with Gasteiger partial charge in [0.15, 0.2) is 5.96 Å². The van der Waals surface area contributed by atoms with Crippen LogP contribution in [0.25, 0.3) is 0 Å². The SMILES string of the molecule is CN=C(NCc1ccc(C(=O)N(C)C)cc1)NCc1ccc(F)cc1C(F)(F)F. The lowest BCUT2D eigenvalue weighted by Crippen LogP contribution is -2.36. The molecule has 0 unspecified atom stereocenters. The second-order valence-electron chi connectivity index (χ2n) is 6.48. The quantitative estimate of drug-likeness (QED) is 0.451. The zero-order valence-electron chi connectivity index (χ0n) is 16.3. The Morgan fingerprint density at radius 2 is 1.66 bits per heavy atom.